The molecule has 0 amide bonds. The molecule has 0 unspecified atom stereocenters. The number of rotatable bonds is 1. The first-order chi connectivity index (χ1) is 7.54. The Morgan fingerprint density at radius 3 is 2.19 bits per heavy atom. The van der Waals surface area contributed by atoms with Crippen LogP contribution in [0.2, 0.25) is 0 Å². The quantitative estimate of drug-likeness (QED) is 0.752. The average Bonchev–Trinajstić information content (AvgIpc) is 2.14. The van der Waals surface area contributed by atoms with Crippen molar-refractivity contribution in [2.75, 3.05) is 0 Å². The smallest absolute Gasteiger partial charge is 0.252 e. The first kappa shape index (κ1) is 10.7. The normalized spacial score (nSPS) is 10.4. The van der Waals surface area contributed by atoms with Crippen molar-refractivity contribution in [3.63, 3.8) is 0 Å². The number of nitrogens with one attached hydrogen (secondary N) is 2. The molecule has 6 heteroatoms. The van der Waals surface area contributed by atoms with Gasteiger partial charge in [0.2, 0.25) is 0 Å². The van der Waals surface area contributed by atoms with Gasteiger partial charge in [0.1, 0.15) is 11.6 Å². The molecule has 1 heterocycles. The van der Waals surface area contributed by atoms with Gasteiger partial charge in [-0.25, -0.2) is 8.78 Å². The van der Waals surface area contributed by atoms with Crippen molar-refractivity contribution in [3.8, 4) is 11.3 Å². The Kier molecular flexibility index (Phi) is 2.66. The molecule has 16 heavy (non-hydrogen) atoms. The zero-order chi connectivity index (χ0) is 11.7. The number of benzene rings is 1. The van der Waals surface area contributed by atoms with Gasteiger partial charge in [-0.3, -0.25) is 9.78 Å². The predicted octanol–water partition coefficient (Wildman–Crippen LogP) is 2.38. The van der Waals surface area contributed by atoms with E-state index in [2.05, 4.69) is 9.97 Å². The minimum Gasteiger partial charge on any atom is -0.332 e. The van der Waals surface area contributed by atoms with Crippen LogP contribution in [0.3, 0.4) is 0 Å². The molecule has 1 aromatic heterocycles. The van der Waals surface area contributed by atoms with Crippen molar-refractivity contribution in [2.45, 2.75) is 0 Å². The van der Waals surface area contributed by atoms with Crippen LogP contribution in [0.1, 0.15) is 0 Å². The molecule has 0 saturated carbocycles. The maximum atomic E-state index is 12.9. The fraction of sp³-hybridized carbons (Fsp3) is 0. The molecule has 0 aliphatic rings. The van der Waals surface area contributed by atoms with Crippen molar-refractivity contribution in [3.05, 3.63) is 51.0 Å². The summed E-state index contributed by atoms with van der Waals surface area (Å²) in [6.45, 7) is 0. The third-order valence-electron chi connectivity index (χ3n) is 1.93. The van der Waals surface area contributed by atoms with Crippen LogP contribution in [0.25, 0.3) is 11.3 Å². The van der Waals surface area contributed by atoms with Crippen LogP contribution in [-0.2, 0) is 0 Å². The largest absolute Gasteiger partial charge is 0.332 e. The van der Waals surface area contributed by atoms with E-state index in [4.69, 9.17) is 12.2 Å². The molecule has 2 N–H and O–H groups in total. The van der Waals surface area contributed by atoms with Gasteiger partial charge in [0.05, 0.1) is 5.69 Å². The van der Waals surface area contributed by atoms with Gasteiger partial charge in [0.25, 0.3) is 5.56 Å². The van der Waals surface area contributed by atoms with E-state index in [1.165, 1.54) is 6.07 Å². The van der Waals surface area contributed by atoms with E-state index in [0.29, 0.717) is 0 Å². The first-order valence-corrected chi connectivity index (χ1v) is 4.75. The van der Waals surface area contributed by atoms with Crippen LogP contribution < -0.4 is 5.56 Å². The number of aromatic amines is 2. The summed E-state index contributed by atoms with van der Waals surface area (Å²) in [6, 6.07) is 4.17. The van der Waals surface area contributed by atoms with Gasteiger partial charge in [0, 0.05) is 17.7 Å². The van der Waals surface area contributed by atoms with E-state index in [1.54, 1.807) is 0 Å². The topological polar surface area (TPSA) is 48.6 Å². The average molecular weight is 240 g/mol. The lowest BCUT2D eigenvalue weighted by Gasteiger charge is -2.01. The molecule has 2 rings (SSSR count). The monoisotopic (exact) mass is 240 g/mol. The molecule has 0 saturated heterocycles. The fourth-order valence-corrected chi connectivity index (χ4v) is 1.54. The van der Waals surface area contributed by atoms with Gasteiger partial charge in [-0.1, -0.05) is 0 Å². The molecular weight excluding hydrogens is 234 g/mol. The fourth-order valence-electron chi connectivity index (χ4n) is 1.33. The summed E-state index contributed by atoms with van der Waals surface area (Å²) in [4.78, 5) is 16.1. The van der Waals surface area contributed by atoms with Crippen molar-refractivity contribution in [1.29, 1.82) is 0 Å². The number of hydrogen-bond donors (Lipinski definition) is 2. The highest BCUT2D eigenvalue weighted by Gasteiger charge is 2.04. The van der Waals surface area contributed by atoms with Crippen LogP contribution in [0, 0.1) is 16.4 Å². The second-order valence-electron chi connectivity index (χ2n) is 3.16. The van der Waals surface area contributed by atoms with Crippen LogP contribution in [0.4, 0.5) is 8.78 Å². The Bertz CT molecular complexity index is 599. The van der Waals surface area contributed by atoms with Gasteiger partial charge in [0.15, 0.2) is 4.77 Å². The van der Waals surface area contributed by atoms with Gasteiger partial charge in [-0.15, -0.1) is 0 Å². The van der Waals surface area contributed by atoms with Crippen LogP contribution >= 0.6 is 12.2 Å². The van der Waals surface area contributed by atoms with Crippen LogP contribution in [-0.4, -0.2) is 9.97 Å². The third-order valence-corrected chi connectivity index (χ3v) is 2.14. The van der Waals surface area contributed by atoms with E-state index in [-0.39, 0.29) is 16.0 Å². The van der Waals surface area contributed by atoms with Crippen molar-refractivity contribution >= 4 is 12.2 Å². The molecule has 0 fully saturated rings. The number of aromatic nitrogens is 2. The zero-order valence-electron chi connectivity index (χ0n) is 7.88. The van der Waals surface area contributed by atoms with Gasteiger partial charge in [-0.2, -0.15) is 0 Å². The molecule has 0 radical (unpaired) electrons. The van der Waals surface area contributed by atoms with Gasteiger partial charge >= 0.3 is 0 Å². The van der Waals surface area contributed by atoms with Crippen LogP contribution in [0.5, 0.6) is 0 Å². The molecule has 0 atom stereocenters. The van der Waals surface area contributed by atoms with Crippen LogP contribution in [0.15, 0.2) is 29.1 Å². The second-order valence-corrected chi connectivity index (χ2v) is 3.57. The minimum absolute atomic E-state index is 0.104. The number of H-pyrrole nitrogens is 2. The molecule has 0 bridgehead atoms. The lowest BCUT2D eigenvalue weighted by molar-refractivity contribution is 0.584. The molecule has 0 aliphatic carbocycles. The van der Waals surface area contributed by atoms with Crippen molar-refractivity contribution in [2.24, 2.45) is 0 Å². The lowest BCUT2D eigenvalue weighted by Crippen LogP contribution is -2.06. The summed E-state index contributed by atoms with van der Waals surface area (Å²) in [6.07, 6.45) is 0. The summed E-state index contributed by atoms with van der Waals surface area (Å²) in [5.41, 5.74) is 0.0743. The van der Waals surface area contributed by atoms with Crippen molar-refractivity contribution in [1.82, 2.24) is 9.97 Å². The highest BCUT2D eigenvalue weighted by Crippen LogP contribution is 2.17. The Morgan fingerprint density at radius 1 is 1.00 bits per heavy atom. The summed E-state index contributed by atoms with van der Waals surface area (Å²) < 4.78 is 26.0. The Morgan fingerprint density at radius 2 is 1.62 bits per heavy atom. The molecule has 1 aromatic carbocycles. The third kappa shape index (κ3) is 2.22. The van der Waals surface area contributed by atoms with Gasteiger partial charge in [-0.05, 0) is 24.4 Å². The lowest BCUT2D eigenvalue weighted by atomic mass is 10.1. The van der Waals surface area contributed by atoms with E-state index in [1.807, 2.05) is 0 Å². The number of hydrogen-bond acceptors (Lipinski definition) is 2. The summed E-state index contributed by atoms with van der Waals surface area (Å²) in [7, 11) is 0. The van der Waals surface area contributed by atoms with Crippen molar-refractivity contribution < 1.29 is 8.78 Å². The Balaban J connectivity index is 2.67. The molecular formula is C10H6F2N2OS. The van der Waals surface area contributed by atoms with E-state index in [0.717, 1.165) is 18.2 Å². The maximum Gasteiger partial charge on any atom is 0.252 e. The summed E-state index contributed by atoms with van der Waals surface area (Å²) >= 11 is 4.75. The highest BCUT2D eigenvalue weighted by atomic mass is 32.1. The van der Waals surface area contributed by atoms with E-state index < -0.39 is 17.2 Å². The minimum atomic E-state index is -0.713. The van der Waals surface area contributed by atoms with Gasteiger partial charge < -0.3 is 4.98 Å². The maximum absolute atomic E-state index is 12.9. The second kappa shape index (κ2) is 3.97. The summed E-state index contributed by atoms with van der Waals surface area (Å²) in [5.74, 6) is -1.43. The molecule has 0 aliphatic heterocycles. The molecule has 2 aromatic rings. The Hall–Kier alpha value is -1.82. The standard InChI is InChI=1S/C10H6F2N2OS/c11-6-1-5(2-7(12)3-6)8-4-9(15)14-10(16)13-8/h1-4H,(H2,13,14,15,16). The molecule has 82 valence electrons. The molecule has 3 nitrogen and oxygen atoms in total. The predicted molar refractivity (Wildman–Crippen MR) is 57.6 cm³/mol. The number of halogens is 2. The Labute approximate surface area is 93.8 Å². The first-order valence-electron chi connectivity index (χ1n) is 4.35. The summed E-state index contributed by atoms with van der Waals surface area (Å²) in [5, 5.41) is 0. The zero-order valence-corrected chi connectivity index (χ0v) is 8.70. The molecule has 0 spiro atoms. The highest BCUT2D eigenvalue weighted by molar-refractivity contribution is 7.71. The van der Waals surface area contributed by atoms with E-state index >= 15 is 0 Å². The van der Waals surface area contributed by atoms with E-state index in [9.17, 15) is 13.6 Å². The SMILES string of the molecule is O=c1cc(-c2cc(F)cc(F)c2)[nH]c(=S)[nH]1.